The maximum absolute atomic E-state index is 12.8. The molecule has 0 saturated carbocycles. The number of rotatable bonds is 7. The lowest BCUT2D eigenvalue weighted by Crippen LogP contribution is -2.32. The molecule has 2 N–H and O–H groups in total. The van der Waals surface area contributed by atoms with E-state index in [9.17, 15) is 4.79 Å². The smallest absolute Gasteiger partial charge is 0.274 e. The van der Waals surface area contributed by atoms with Crippen LogP contribution in [-0.4, -0.2) is 39.3 Å². The standard InChI is InChI=1S/C17H22ClN3O2/c1-3-15-12(2)16(20-19-15)17(23)21(9-4-10-22)11-13-5-7-14(18)8-6-13/h5-8,22H,3-4,9-11H2,1-2H3,(H,19,20). The highest BCUT2D eigenvalue weighted by molar-refractivity contribution is 6.30. The summed E-state index contributed by atoms with van der Waals surface area (Å²) in [6, 6.07) is 7.41. The number of carbonyl (C=O) groups excluding carboxylic acids is 1. The van der Waals surface area contributed by atoms with Gasteiger partial charge in [-0.3, -0.25) is 9.89 Å². The van der Waals surface area contributed by atoms with Crippen LogP contribution in [0.2, 0.25) is 5.02 Å². The number of halogens is 1. The number of benzene rings is 1. The van der Waals surface area contributed by atoms with Crippen molar-refractivity contribution in [2.24, 2.45) is 0 Å². The highest BCUT2D eigenvalue weighted by atomic mass is 35.5. The molecule has 0 radical (unpaired) electrons. The van der Waals surface area contributed by atoms with Crippen molar-refractivity contribution in [2.75, 3.05) is 13.2 Å². The summed E-state index contributed by atoms with van der Waals surface area (Å²) in [5, 5.41) is 16.8. The number of aromatic amines is 1. The zero-order valence-electron chi connectivity index (χ0n) is 13.5. The second-order valence-corrected chi connectivity index (χ2v) is 5.90. The summed E-state index contributed by atoms with van der Waals surface area (Å²) in [5.74, 6) is -0.123. The van der Waals surface area contributed by atoms with E-state index in [4.69, 9.17) is 16.7 Å². The molecule has 124 valence electrons. The Morgan fingerprint density at radius 1 is 1.35 bits per heavy atom. The van der Waals surface area contributed by atoms with Crippen LogP contribution in [0.1, 0.15) is 40.7 Å². The number of aromatic nitrogens is 2. The quantitative estimate of drug-likeness (QED) is 0.817. The van der Waals surface area contributed by atoms with Crippen LogP contribution in [0.5, 0.6) is 0 Å². The molecule has 0 bridgehead atoms. The van der Waals surface area contributed by atoms with E-state index in [0.717, 1.165) is 23.2 Å². The lowest BCUT2D eigenvalue weighted by Gasteiger charge is -2.22. The Morgan fingerprint density at radius 2 is 2.04 bits per heavy atom. The number of amides is 1. The number of aliphatic hydroxyl groups excluding tert-OH is 1. The molecule has 2 aromatic rings. The first kappa shape index (κ1) is 17.5. The molecule has 1 aromatic heterocycles. The molecular formula is C17H22ClN3O2. The molecule has 0 spiro atoms. The van der Waals surface area contributed by atoms with Gasteiger partial charge in [-0.1, -0.05) is 30.7 Å². The first-order chi connectivity index (χ1) is 11.1. The van der Waals surface area contributed by atoms with Crippen molar-refractivity contribution in [1.29, 1.82) is 0 Å². The molecule has 0 unspecified atom stereocenters. The van der Waals surface area contributed by atoms with Gasteiger partial charge in [0, 0.05) is 36.0 Å². The van der Waals surface area contributed by atoms with Crippen molar-refractivity contribution in [3.05, 3.63) is 51.8 Å². The Bertz CT molecular complexity index is 652. The third-order valence-electron chi connectivity index (χ3n) is 3.83. The molecule has 6 heteroatoms. The maximum Gasteiger partial charge on any atom is 0.274 e. The molecule has 1 heterocycles. The lowest BCUT2D eigenvalue weighted by molar-refractivity contribution is 0.0725. The van der Waals surface area contributed by atoms with Crippen LogP contribution in [0.3, 0.4) is 0 Å². The summed E-state index contributed by atoms with van der Waals surface area (Å²) in [5.41, 5.74) is 3.31. The van der Waals surface area contributed by atoms with Crippen LogP contribution < -0.4 is 0 Å². The number of nitrogens with one attached hydrogen (secondary N) is 1. The van der Waals surface area contributed by atoms with Crippen molar-refractivity contribution in [3.8, 4) is 0 Å². The van der Waals surface area contributed by atoms with E-state index in [1.54, 1.807) is 17.0 Å². The topological polar surface area (TPSA) is 69.2 Å². The van der Waals surface area contributed by atoms with E-state index in [2.05, 4.69) is 10.2 Å². The summed E-state index contributed by atoms with van der Waals surface area (Å²) < 4.78 is 0. The molecule has 0 aliphatic rings. The number of carbonyl (C=O) groups is 1. The second kappa shape index (κ2) is 8.13. The summed E-state index contributed by atoms with van der Waals surface area (Å²) in [4.78, 5) is 14.5. The van der Waals surface area contributed by atoms with E-state index < -0.39 is 0 Å². The molecule has 0 aliphatic carbocycles. The summed E-state index contributed by atoms with van der Waals surface area (Å²) in [7, 11) is 0. The minimum Gasteiger partial charge on any atom is -0.396 e. The first-order valence-corrected chi connectivity index (χ1v) is 8.13. The minimum absolute atomic E-state index is 0.0458. The third kappa shape index (κ3) is 4.33. The van der Waals surface area contributed by atoms with Gasteiger partial charge in [-0.25, -0.2) is 0 Å². The minimum atomic E-state index is -0.123. The van der Waals surface area contributed by atoms with Crippen LogP contribution in [-0.2, 0) is 13.0 Å². The molecule has 5 nitrogen and oxygen atoms in total. The number of aryl methyl sites for hydroxylation is 1. The average Bonchev–Trinajstić information content (AvgIpc) is 2.93. The first-order valence-electron chi connectivity index (χ1n) is 7.75. The number of hydrogen-bond acceptors (Lipinski definition) is 3. The van der Waals surface area contributed by atoms with Gasteiger partial charge in [0.05, 0.1) is 0 Å². The van der Waals surface area contributed by atoms with E-state index in [1.807, 2.05) is 26.0 Å². The maximum atomic E-state index is 12.8. The van der Waals surface area contributed by atoms with Crippen molar-refractivity contribution >= 4 is 17.5 Å². The van der Waals surface area contributed by atoms with Crippen LogP contribution in [0.15, 0.2) is 24.3 Å². The van der Waals surface area contributed by atoms with Crippen LogP contribution >= 0.6 is 11.6 Å². The summed E-state index contributed by atoms with van der Waals surface area (Å²) in [6.45, 7) is 4.91. The van der Waals surface area contributed by atoms with Crippen molar-refractivity contribution < 1.29 is 9.90 Å². The molecule has 1 aromatic carbocycles. The fourth-order valence-electron chi connectivity index (χ4n) is 2.46. The number of aliphatic hydroxyl groups is 1. The van der Waals surface area contributed by atoms with E-state index in [-0.39, 0.29) is 12.5 Å². The molecule has 1 amide bonds. The van der Waals surface area contributed by atoms with Crippen molar-refractivity contribution in [2.45, 2.75) is 33.2 Å². The van der Waals surface area contributed by atoms with Crippen molar-refractivity contribution in [3.63, 3.8) is 0 Å². The molecule has 0 fully saturated rings. The van der Waals surface area contributed by atoms with E-state index >= 15 is 0 Å². The molecule has 23 heavy (non-hydrogen) atoms. The van der Waals surface area contributed by atoms with Crippen molar-refractivity contribution in [1.82, 2.24) is 15.1 Å². The van der Waals surface area contributed by atoms with E-state index in [1.165, 1.54) is 0 Å². The molecular weight excluding hydrogens is 314 g/mol. The lowest BCUT2D eigenvalue weighted by atomic mass is 10.1. The molecule has 0 saturated heterocycles. The van der Waals surface area contributed by atoms with Gasteiger partial charge in [-0.2, -0.15) is 5.10 Å². The SMILES string of the molecule is CCc1[nH]nc(C(=O)N(CCCO)Cc2ccc(Cl)cc2)c1C. The summed E-state index contributed by atoms with van der Waals surface area (Å²) in [6.07, 6.45) is 1.34. The monoisotopic (exact) mass is 335 g/mol. The zero-order valence-corrected chi connectivity index (χ0v) is 14.2. The van der Waals surface area contributed by atoms with Gasteiger partial charge >= 0.3 is 0 Å². The highest BCUT2D eigenvalue weighted by Gasteiger charge is 2.21. The van der Waals surface area contributed by atoms with Gasteiger partial charge in [0.2, 0.25) is 0 Å². The number of hydrogen-bond donors (Lipinski definition) is 2. The normalized spacial score (nSPS) is 10.8. The van der Waals surface area contributed by atoms with Crippen LogP contribution in [0.4, 0.5) is 0 Å². The van der Waals surface area contributed by atoms with Crippen LogP contribution in [0, 0.1) is 6.92 Å². The number of nitrogens with zero attached hydrogens (tertiary/aromatic N) is 2. The fraction of sp³-hybridized carbons (Fsp3) is 0.412. The predicted octanol–water partition coefficient (Wildman–Crippen LogP) is 2.96. The summed E-state index contributed by atoms with van der Waals surface area (Å²) >= 11 is 5.90. The fourth-order valence-corrected chi connectivity index (χ4v) is 2.59. The zero-order chi connectivity index (χ0) is 16.8. The van der Waals surface area contributed by atoms with Gasteiger partial charge < -0.3 is 10.0 Å². The molecule has 0 aliphatic heterocycles. The van der Waals surface area contributed by atoms with Gasteiger partial charge in [-0.05, 0) is 37.5 Å². The van der Waals surface area contributed by atoms with E-state index in [0.29, 0.717) is 30.2 Å². The largest absolute Gasteiger partial charge is 0.396 e. The Kier molecular flexibility index (Phi) is 6.19. The second-order valence-electron chi connectivity index (χ2n) is 5.46. The highest BCUT2D eigenvalue weighted by Crippen LogP contribution is 2.16. The average molecular weight is 336 g/mol. The van der Waals surface area contributed by atoms with Crippen LogP contribution in [0.25, 0.3) is 0 Å². The molecule has 2 rings (SSSR count). The Balaban J connectivity index is 2.20. The van der Waals surface area contributed by atoms with Gasteiger partial charge in [0.15, 0.2) is 5.69 Å². The Morgan fingerprint density at radius 3 is 2.61 bits per heavy atom. The number of H-pyrrole nitrogens is 1. The van der Waals surface area contributed by atoms with Gasteiger partial charge in [-0.15, -0.1) is 0 Å². The Hall–Kier alpha value is -1.85. The Labute approximate surface area is 141 Å². The molecule has 0 atom stereocenters. The van der Waals surface area contributed by atoms with Gasteiger partial charge in [0.25, 0.3) is 5.91 Å². The van der Waals surface area contributed by atoms with Gasteiger partial charge in [0.1, 0.15) is 0 Å². The third-order valence-corrected chi connectivity index (χ3v) is 4.08. The predicted molar refractivity (Wildman–Crippen MR) is 90.6 cm³/mol.